The Morgan fingerprint density at radius 3 is 2.45 bits per heavy atom. The Balaban J connectivity index is 1.86. The lowest BCUT2D eigenvalue weighted by atomic mass is 10.1. The van der Waals surface area contributed by atoms with Crippen LogP contribution >= 0.6 is 0 Å². The van der Waals surface area contributed by atoms with Gasteiger partial charge in [-0.3, -0.25) is 4.79 Å². The summed E-state index contributed by atoms with van der Waals surface area (Å²) in [6.07, 6.45) is 0.192. The second kappa shape index (κ2) is 10.5. The van der Waals surface area contributed by atoms with Crippen molar-refractivity contribution in [1.82, 2.24) is 10.0 Å². The first kappa shape index (κ1) is 23.1. The van der Waals surface area contributed by atoms with E-state index in [4.69, 9.17) is 4.74 Å². The molecule has 0 fully saturated rings. The van der Waals surface area contributed by atoms with Crippen LogP contribution in [0.4, 0.5) is 0 Å². The van der Waals surface area contributed by atoms with Crippen LogP contribution in [-0.4, -0.2) is 27.0 Å². The van der Waals surface area contributed by atoms with E-state index < -0.39 is 10.0 Å². The molecule has 0 radical (unpaired) electrons. The topological polar surface area (TPSA) is 84.5 Å². The smallest absolute Gasteiger partial charge is 0.240 e. The van der Waals surface area contributed by atoms with Gasteiger partial charge in [-0.25, -0.2) is 13.1 Å². The first-order valence-electron chi connectivity index (χ1n) is 9.71. The molecule has 7 heteroatoms. The molecule has 158 valence electrons. The molecule has 0 spiro atoms. The van der Waals surface area contributed by atoms with Crippen LogP contribution in [0.15, 0.2) is 47.4 Å². The highest BCUT2D eigenvalue weighted by Crippen LogP contribution is 2.16. The number of hydrogen-bond acceptors (Lipinski definition) is 4. The first-order chi connectivity index (χ1) is 13.7. The van der Waals surface area contributed by atoms with Crippen LogP contribution < -0.4 is 10.0 Å². The molecule has 6 nitrogen and oxygen atoms in total. The van der Waals surface area contributed by atoms with Crippen molar-refractivity contribution in [2.24, 2.45) is 0 Å². The zero-order valence-corrected chi connectivity index (χ0v) is 18.3. The van der Waals surface area contributed by atoms with E-state index in [-0.39, 0.29) is 29.9 Å². The highest BCUT2D eigenvalue weighted by Gasteiger charge is 2.17. The Morgan fingerprint density at radius 2 is 1.76 bits per heavy atom. The third-order valence-corrected chi connectivity index (χ3v) is 6.05. The number of ether oxygens (including phenoxy) is 1. The highest BCUT2D eigenvalue weighted by atomic mass is 32.2. The molecule has 0 atom stereocenters. The van der Waals surface area contributed by atoms with Gasteiger partial charge in [-0.2, -0.15) is 0 Å². The van der Waals surface area contributed by atoms with Gasteiger partial charge in [0.25, 0.3) is 0 Å². The van der Waals surface area contributed by atoms with Crippen molar-refractivity contribution in [3.05, 3.63) is 64.7 Å². The predicted molar refractivity (Wildman–Crippen MR) is 114 cm³/mol. The zero-order valence-electron chi connectivity index (χ0n) is 17.5. The van der Waals surface area contributed by atoms with E-state index in [9.17, 15) is 13.2 Å². The first-order valence-corrected chi connectivity index (χ1v) is 11.2. The van der Waals surface area contributed by atoms with Gasteiger partial charge < -0.3 is 10.1 Å². The van der Waals surface area contributed by atoms with Gasteiger partial charge in [0, 0.05) is 19.5 Å². The van der Waals surface area contributed by atoms with Crippen molar-refractivity contribution in [1.29, 1.82) is 0 Å². The maximum absolute atomic E-state index is 12.5. The van der Waals surface area contributed by atoms with Crippen LogP contribution in [0.2, 0.25) is 0 Å². The molecule has 1 amide bonds. The summed E-state index contributed by atoms with van der Waals surface area (Å²) in [6, 6.07) is 13.0. The highest BCUT2D eigenvalue weighted by molar-refractivity contribution is 7.89. The van der Waals surface area contributed by atoms with E-state index >= 15 is 0 Å². The standard InChI is InChI=1S/C22H30N2O4S/c1-16(2)28-15-20-8-6-5-7-19(20)14-23-22(25)11-12-24-29(26,27)21-13-17(3)9-10-18(21)4/h5-10,13,16,24H,11-12,14-15H2,1-4H3,(H,23,25). The van der Waals surface area contributed by atoms with Gasteiger partial charge in [-0.1, -0.05) is 36.4 Å². The Bertz CT molecular complexity index is 940. The SMILES string of the molecule is Cc1ccc(C)c(S(=O)(=O)NCCC(=O)NCc2ccccc2COC(C)C)c1. The molecule has 0 aliphatic rings. The average Bonchev–Trinajstić information content (AvgIpc) is 2.67. The van der Waals surface area contributed by atoms with E-state index in [0.717, 1.165) is 16.7 Å². The molecule has 0 aromatic heterocycles. The Hall–Kier alpha value is -2.22. The molecule has 0 saturated carbocycles. The fourth-order valence-corrected chi connectivity index (χ4v) is 4.14. The lowest BCUT2D eigenvalue weighted by Crippen LogP contribution is -2.31. The minimum absolute atomic E-state index is 0.0413. The molecule has 0 unspecified atom stereocenters. The molecule has 0 saturated heterocycles. The number of carbonyl (C=O) groups is 1. The third kappa shape index (κ3) is 7.27. The van der Waals surface area contributed by atoms with Crippen molar-refractivity contribution in [3.63, 3.8) is 0 Å². The molecule has 2 N–H and O–H groups in total. The number of rotatable bonds is 10. The average molecular weight is 419 g/mol. The summed E-state index contributed by atoms with van der Waals surface area (Å²) in [4.78, 5) is 12.4. The van der Waals surface area contributed by atoms with Crippen molar-refractivity contribution >= 4 is 15.9 Å². The van der Waals surface area contributed by atoms with Crippen LogP contribution in [0.3, 0.4) is 0 Å². The van der Waals surface area contributed by atoms with Gasteiger partial charge in [0.15, 0.2) is 0 Å². The fraction of sp³-hybridized carbons (Fsp3) is 0.409. The quantitative estimate of drug-likeness (QED) is 0.620. The van der Waals surface area contributed by atoms with E-state index in [1.54, 1.807) is 19.1 Å². The molecule has 0 aliphatic carbocycles. The molecule has 2 aromatic carbocycles. The van der Waals surface area contributed by atoms with Crippen LogP contribution in [0, 0.1) is 13.8 Å². The third-order valence-electron chi connectivity index (χ3n) is 4.44. The van der Waals surface area contributed by atoms with Crippen molar-refractivity contribution in [2.75, 3.05) is 6.54 Å². The summed E-state index contributed by atoms with van der Waals surface area (Å²) in [7, 11) is -3.65. The predicted octanol–water partition coefficient (Wildman–Crippen LogP) is 3.21. The number of carbonyl (C=O) groups excluding carboxylic acids is 1. The molecule has 0 aliphatic heterocycles. The Labute approximate surface area is 173 Å². The second-order valence-corrected chi connectivity index (χ2v) is 9.06. The van der Waals surface area contributed by atoms with Gasteiger partial charge in [-0.15, -0.1) is 0 Å². The molecular formula is C22H30N2O4S. The summed E-state index contributed by atoms with van der Waals surface area (Å²) in [6.45, 7) is 8.45. The van der Waals surface area contributed by atoms with Crippen molar-refractivity contribution in [3.8, 4) is 0 Å². The van der Waals surface area contributed by atoms with E-state index in [2.05, 4.69) is 10.0 Å². The van der Waals surface area contributed by atoms with E-state index in [1.165, 1.54) is 0 Å². The summed E-state index contributed by atoms with van der Waals surface area (Å²) in [5.74, 6) is -0.215. The van der Waals surface area contributed by atoms with Gasteiger partial charge in [0.1, 0.15) is 0 Å². The number of nitrogens with one attached hydrogen (secondary N) is 2. The summed E-state index contributed by atoms with van der Waals surface area (Å²) in [5.41, 5.74) is 3.55. The van der Waals surface area contributed by atoms with E-state index in [0.29, 0.717) is 18.7 Å². The Kier molecular flexibility index (Phi) is 8.37. The molecular weight excluding hydrogens is 388 g/mol. The minimum atomic E-state index is -3.65. The van der Waals surface area contributed by atoms with Crippen molar-refractivity contribution < 1.29 is 17.9 Å². The van der Waals surface area contributed by atoms with Gasteiger partial charge in [-0.05, 0) is 56.0 Å². The molecule has 2 aromatic rings. The second-order valence-electron chi connectivity index (χ2n) is 7.32. The van der Waals surface area contributed by atoms with Crippen LogP contribution in [0.1, 0.15) is 42.5 Å². The lowest BCUT2D eigenvalue weighted by Gasteiger charge is -2.13. The summed E-state index contributed by atoms with van der Waals surface area (Å²) in [5, 5.41) is 2.84. The number of benzene rings is 2. The molecule has 29 heavy (non-hydrogen) atoms. The normalized spacial score (nSPS) is 11.6. The summed E-state index contributed by atoms with van der Waals surface area (Å²) < 4.78 is 33.1. The largest absolute Gasteiger partial charge is 0.374 e. The van der Waals surface area contributed by atoms with Crippen LogP contribution in [0.25, 0.3) is 0 Å². The van der Waals surface area contributed by atoms with Gasteiger partial charge >= 0.3 is 0 Å². The molecule has 0 heterocycles. The molecule has 0 bridgehead atoms. The monoisotopic (exact) mass is 418 g/mol. The maximum Gasteiger partial charge on any atom is 0.240 e. The van der Waals surface area contributed by atoms with Gasteiger partial charge in [0.05, 0.1) is 17.6 Å². The number of sulfonamides is 1. The van der Waals surface area contributed by atoms with Crippen molar-refractivity contribution in [2.45, 2.75) is 58.3 Å². The number of hydrogen-bond donors (Lipinski definition) is 2. The number of amides is 1. The van der Waals surface area contributed by atoms with Crippen LogP contribution in [-0.2, 0) is 32.7 Å². The lowest BCUT2D eigenvalue weighted by molar-refractivity contribution is -0.121. The minimum Gasteiger partial charge on any atom is -0.374 e. The fourth-order valence-electron chi connectivity index (χ4n) is 2.78. The maximum atomic E-state index is 12.5. The van der Waals surface area contributed by atoms with Gasteiger partial charge in [0.2, 0.25) is 15.9 Å². The summed E-state index contributed by atoms with van der Waals surface area (Å²) >= 11 is 0. The molecule has 2 rings (SSSR count). The van der Waals surface area contributed by atoms with E-state index in [1.807, 2.05) is 51.1 Å². The number of aryl methyl sites for hydroxylation is 2. The van der Waals surface area contributed by atoms with Crippen LogP contribution in [0.5, 0.6) is 0 Å². The Morgan fingerprint density at radius 1 is 1.07 bits per heavy atom. The zero-order chi connectivity index (χ0) is 21.4.